The van der Waals surface area contributed by atoms with Crippen molar-refractivity contribution in [1.82, 2.24) is 10.2 Å². The van der Waals surface area contributed by atoms with Crippen molar-refractivity contribution in [2.24, 2.45) is 5.92 Å². The van der Waals surface area contributed by atoms with Gasteiger partial charge in [-0.05, 0) is 85.5 Å². The van der Waals surface area contributed by atoms with Crippen LogP contribution in [0.1, 0.15) is 36.0 Å². The zero-order valence-corrected chi connectivity index (χ0v) is 14.1. The normalized spacial score (nSPS) is 19.5. The van der Waals surface area contributed by atoms with Crippen LogP contribution in [-0.2, 0) is 0 Å². The van der Waals surface area contributed by atoms with Gasteiger partial charge in [0.25, 0.3) is 5.91 Å². The molecule has 2 aliphatic rings. The van der Waals surface area contributed by atoms with Crippen LogP contribution >= 0.6 is 22.6 Å². The molecule has 1 aliphatic heterocycles. The SMILES string of the molecule is O=C(c1ccc(F)cc1I)N(CC1CCNCC1)C1CC1. The Morgan fingerprint density at radius 2 is 2.00 bits per heavy atom. The zero-order chi connectivity index (χ0) is 14.8. The molecule has 3 rings (SSSR count). The van der Waals surface area contributed by atoms with Gasteiger partial charge in [-0.25, -0.2) is 4.39 Å². The molecule has 0 atom stereocenters. The number of amides is 1. The molecule has 5 heteroatoms. The van der Waals surface area contributed by atoms with Crippen molar-refractivity contribution in [2.45, 2.75) is 31.7 Å². The maximum absolute atomic E-state index is 13.2. The van der Waals surface area contributed by atoms with E-state index in [1.54, 1.807) is 6.07 Å². The van der Waals surface area contributed by atoms with Crippen LogP contribution in [0.2, 0.25) is 0 Å². The molecule has 3 nitrogen and oxygen atoms in total. The van der Waals surface area contributed by atoms with Gasteiger partial charge in [-0.3, -0.25) is 4.79 Å². The third-order valence-corrected chi connectivity index (χ3v) is 5.22. The Bertz CT molecular complexity index is 527. The van der Waals surface area contributed by atoms with Crippen molar-refractivity contribution in [3.63, 3.8) is 0 Å². The molecule has 1 aromatic rings. The number of carbonyl (C=O) groups is 1. The van der Waals surface area contributed by atoms with Crippen LogP contribution in [0.4, 0.5) is 4.39 Å². The van der Waals surface area contributed by atoms with Crippen LogP contribution in [0, 0.1) is 15.3 Å². The number of nitrogens with one attached hydrogen (secondary N) is 1. The standard InChI is InChI=1S/C16H20FIN2O/c17-12-1-4-14(15(18)9-12)16(21)20(13-2-3-13)10-11-5-7-19-8-6-11/h1,4,9,11,13,19H,2-3,5-8,10H2. The molecular weight excluding hydrogens is 382 g/mol. The first kappa shape index (κ1) is 15.2. The Morgan fingerprint density at radius 3 is 2.62 bits per heavy atom. The number of hydrogen-bond acceptors (Lipinski definition) is 2. The van der Waals surface area contributed by atoms with Crippen LogP contribution in [0.15, 0.2) is 18.2 Å². The second kappa shape index (κ2) is 6.60. The van der Waals surface area contributed by atoms with Gasteiger partial charge in [0.2, 0.25) is 0 Å². The van der Waals surface area contributed by atoms with Crippen molar-refractivity contribution < 1.29 is 9.18 Å². The highest BCUT2D eigenvalue weighted by atomic mass is 127. The number of hydrogen-bond donors (Lipinski definition) is 1. The van der Waals surface area contributed by atoms with E-state index in [1.165, 1.54) is 12.1 Å². The Hall–Kier alpha value is -0.690. The fourth-order valence-electron chi connectivity index (χ4n) is 2.94. The first-order valence-electron chi connectivity index (χ1n) is 7.62. The number of rotatable bonds is 4. The first-order valence-corrected chi connectivity index (χ1v) is 8.70. The molecule has 0 aromatic heterocycles. The van der Waals surface area contributed by atoms with Gasteiger partial charge in [0.05, 0.1) is 5.56 Å². The van der Waals surface area contributed by atoms with Crippen molar-refractivity contribution in [1.29, 1.82) is 0 Å². The summed E-state index contributed by atoms with van der Waals surface area (Å²) in [5.41, 5.74) is 0.637. The Morgan fingerprint density at radius 1 is 1.29 bits per heavy atom. The maximum Gasteiger partial charge on any atom is 0.255 e. The quantitative estimate of drug-likeness (QED) is 0.786. The van der Waals surface area contributed by atoms with Crippen molar-refractivity contribution in [3.8, 4) is 0 Å². The highest BCUT2D eigenvalue weighted by Gasteiger charge is 2.35. The molecular formula is C16H20FIN2O. The number of carbonyl (C=O) groups excluding carboxylic acids is 1. The van der Waals surface area contributed by atoms with E-state index in [9.17, 15) is 9.18 Å². The largest absolute Gasteiger partial charge is 0.335 e. The molecule has 0 unspecified atom stereocenters. The van der Waals surface area contributed by atoms with Crippen LogP contribution in [0.5, 0.6) is 0 Å². The predicted molar refractivity (Wildman–Crippen MR) is 88.8 cm³/mol. The molecule has 1 saturated carbocycles. The van der Waals surface area contributed by atoms with E-state index < -0.39 is 0 Å². The number of benzene rings is 1. The molecule has 1 heterocycles. The van der Waals surface area contributed by atoms with E-state index in [-0.39, 0.29) is 11.7 Å². The lowest BCUT2D eigenvalue weighted by atomic mass is 9.97. The van der Waals surface area contributed by atoms with Crippen LogP contribution < -0.4 is 5.32 Å². The Kier molecular flexibility index (Phi) is 4.78. The van der Waals surface area contributed by atoms with Crippen molar-refractivity contribution in [2.75, 3.05) is 19.6 Å². The fourth-order valence-corrected chi connectivity index (χ4v) is 3.65. The Labute approximate surface area is 138 Å². The predicted octanol–water partition coefficient (Wildman–Crippen LogP) is 3.03. The lowest BCUT2D eigenvalue weighted by Crippen LogP contribution is -2.40. The van der Waals surface area contributed by atoms with Crippen molar-refractivity contribution >= 4 is 28.5 Å². The highest BCUT2D eigenvalue weighted by Crippen LogP contribution is 2.31. The summed E-state index contributed by atoms with van der Waals surface area (Å²) in [7, 11) is 0. The summed E-state index contributed by atoms with van der Waals surface area (Å²) in [4.78, 5) is 14.8. The molecule has 1 saturated heterocycles. The molecule has 1 aromatic carbocycles. The highest BCUT2D eigenvalue weighted by molar-refractivity contribution is 14.1. The lowest BCUT2D eigenvalue weighted by Gasteiger charge is -2.30. The third kappa shape index (κ3) is 3.74. The number of nitrogens with zero attached hydrogens (tertiary/aromatic N) is 1. The van der Waals surface area contributed by atoms with Gasteiger partial charge in [-0.15, -0.1) is 0 Å². The Balaban J connectivity index is 1.75. The smallest absolute Gasteiger partial charge is 0.255 e. The van der Waals surface area contributed by atoms with E-state index >= 15 is 0 Å². The summed E-state index contributed by atoms with van der Waals surface area (Å²) in [5.74, 6) is 0.376. The van der Waals surface area contributed by atoms with Gasteiger partial charge < -0.3 is 10.2 Å². The van der Waals surface area contributed by atoms with Crippen LogP contribution in [0.3, 0.4) is 0 Å². The van der Waals surface area contributed by atoms with E-state index in [4.69, 9.17) is 0 Å². The lowest BCUT2D eigenvalue weighted by molar-refractivity contribution is 0.0700. The minimum Gasteiger partial charge on any atom is -0.335 e. The third-order valence-electron chi connectivity index (χ3n) is 4.32. The van der Waals surface area contributed by atoms with Gasteiger partial charge in [0.15, 0.2) is 0 Å². The minimum absolute atomic E-state index is 0.0698. The summed E-state index contributed by atoms with van der Waals surface area (Å²) in [5, 5.41) is 3.36. The second-order valence-electron chi connectivity index (χ2n) is 6.01. The summed E-state index contributed by atoms with van der Waals surface area (Å²) in [6, 6.07) is 4.83. The molecule has 1 amide bonds. The average Bonchev–Trinajstić information content (AvgIpc) is 3.30. The topological polar surface area (TPSA) is 32.3 Å². The molecule has 0 bridgehead atoms. The van der Waals surface area contributed by atoms with E-state index in [1.807, 2.05) is 4.90 Å². The zero-order valence-electron chi connectivity index (χ0n) is 11.9. The van der Waals surface area contributed by atoms with E-state index in [2.05, 4.69) is 27.9 Å². The summed E-state index contributed by atoms with van der Waals surface area (Å²) in [6.07, 6.45) is 4.48. The van der Waals surface area contributed by atoms with E-state index in [0.717, 1.165) is 45.3 Å². The molecule has 0 spiro atoms. The fraction of sp³-hybridized carbons (Fsp3) is 0.562. The summed E-state index contributed by atoms with van der Waals surface area (Å²) in [6.45, 7) is 2.94. The minimum atomic E-state index is -0.285. The van der Waals surface area contributed by atoms with Gasteiger partial charge in [-0.2, -0.15) is 0 Å². The summed E-state index contributed by atoms with van der Waals surface area (Å²) < 4.78 is 13.9. The molecule has 21 heavy (non-hydrogen) atoms. The van der Waals surface area contributed by atoms with E-state index in [0.29, 0.717) is 21.1 Å². The molecule has 2 fully saturated rings. The second-order valence-corrected chi connectivity index (χ2v) is 7.17. The molecule has 0 radical (unpaired) electrons. The van der Waals surface area contributed by atoms with Gasteiger partial charge in [-0.1, -0.05) is 0 Å². The monoisotopic (exact) mass is 402 g/mol. The van der Waals surface area contributed by atoms with Gasteiger partial charge >= 0.3 is 0 Å². The van der Waals surface area contributed by atoms with Crippen molar-refractivity contribution in [3.05, 3.63) is 33.1 Å². The van der Waals surface area contributed by atoms with Crippen LogP contribution in [-0.4, -0.2) is 36.5 Å². The number of halogens is 2. The van der Waals surface area contributed by atoms with Gasteiger partial charge in [0.1, 0.15) is 5.82 Å². The maximum atomic E-state index is 13.2. The summed E-state index contributed by atoms with van der Waals surface area (Å²) >= 11 is 2.05. The molecule has 114 valence electrons. The van der Waals surface area contributed by atoms with Gasteiger partial charge in [0, 0.05) is 16.2 Å². The molecule has 1 aliphatic carbocycles. The van der Waals surface area contributed by atoms with Crippen LogP contribution in [0.25, 0.3) is 0 Å². The average molecular weight is 402 g/mol. The molecule has 1 N–H and O–H groups in total. The first-order chi connectivity index (χ1) is 10.1. The number of piperidine rings is 1.